The van der Waals surface area contributed by atoms with E-state index in [-0.39, 0.29) is 18.5 Å². The Labute approximate surface area is 114 Å². The fourth-order valence-corrected chi connectivity index (χ4v) is 3.48. The van der Waals surface area contributed by atoms with E-state index in [2.05, 4.69) is 5.32 Å². The highest BCUT2D eigenvalue weighted by Crippen LogP contribution is 2.35. The molecule has 2 N–H and O–H groups in total. The van der Waals surface area contributed by atoms with Crippen molar-refractivity contribution in [3.8, 4) is 0 Å². The molecular weight excluding hydrogens is 244 g/mol. The highest BCUT2D eigenvalue weighted by atomic mass is 16.4. The molecule has 2 aliphatic rings. The molecule has 0 spiro atoms. The first-order valence-electron chi connectivity index (χ1n) is 7.37. The maximum absolute atomic E-state index is 12.3. The largest absolute Gasteiger partial charge is 0.481 e. The highest BCUT2D eigenvalue weighted by Gasteiger charge is 2.35. The molecule has 0 radical (unpaired) electrons. The van der Waals surface area contributed by atoms with E-state index in [4.69, 9.17) is 5.11 Å². The molecule has 1 aliphatic carbocycles. The second kappa shape index (κ2) is 6.26. The van der Waals surface area contributed by atoms with Crippen molar-refractivity contribution in [2.45, 2.75) is 64.0 Å². The zero-order chi connectivity index (χ0) is 13.8. The number of carbonyl (C=O) groups excluding carboxylic acids is 1. The number of nitrogens with zero attached hydrogens (tertiary/aromatic N) is 1. The van der Waals surface area contributed by atoms with Gasteiger partial charge in [0.25, 0.3) is 0 Å². The van der Waals surface area contributed by atoms with E-state index in [1.54, 1.807) is 6.92 Å². The van der Waals surface area contributed by atoms with Gasteiger partial charge < -0.3 is 15.3 Å². The Kier molecular flexibility index (Phi) is 4.66. The molecule has 1 saturated heterocycles. The third-order valence-electron chi connectivity index (χ3n) is 4.35. The summed E-state index contributed by atoms with van der Waals surface area (Å²) in [6, 6.07) is -0.0150. The zero-order valence-corrected chi connectivity index (χ0v) is 11.6. The van der Waals surface area contributed by atoms with Gasteiger partial charge >= 0.3 is 12.0 Å². The van der Waals surface area contributed by atoms with Crippen LogP contribution in [0.5, 0.6) is 0 Å². The summed E-state index contributed by atoms with van der Waals surface area (Å²) in [7, 11) is 0. The number of nitrogens with one attached hydrogen (secondary N) is 1. The van der Waals surface area contributed by atoms with Crippen LogP contribution in [0.3, 0.4) is 0 Å². The van der Waals surface area contributed by atoms with Crippen LogP contribution in [0.4, 0.5) is 4.79 Å². The highest BCUT2D eigenvalue weighted by molar-refractivity contribution is 5.76. The van der Waals surface area contributed by atoms with Gasteiger partial charge in [0.2, 0.25) is 0 Å². The van der Waals surface area contributed by atoms with Crippen molar-refractivity contribution < 1.29 is 14.7 Å². The van der Waals surface area contributed by atoms with Crippen molar-refractivity contribution in [1.29, 1.82) is 0 Å². The molecule has 108 valence electrons. The van der Waals surface area contributed by atoms with Crippen LogP contribution in [0, 0.1) is 5.92 Å². The van der Waals surface area contributed by atoms with Crippen molar-refractivity contribution >= 4 is 12.0 Å². The number of fused-ring (bicyclic) bond motifs is 1. The Morgan fingerprint density at radius 2 is 1.95 bits per heavy atom. The lowest BCUT2D eigenvalue weighted by molar-refractivity contribution is -0.137. The van der Waals surface area contributed by atoms with Gasteiger partial charge in [0.15, 0.2) is 0 Å². The van der Waals surface area contributed by atoms with Gasteiger partial charge in [0.1, 0.15) is 0 Å². The monoisotopic (exact) mass is 268 g/mol. The van der Waals surface area contributed by atoms with Gasteiger partial charge in [-0.05, 0) is 38.5 Å². The summed E-state index contributed by atoms with van der Waals surface area (Å²) in [4.78, 5) is 24.8. The minimum atomic E-state index is -0.873. The van der Waals surface area contributed by atoms with E-state index in [0.717, 1.165) is 19.4 Å². The average molecular weight is 268 g/mol. The van der Waals surface area contributed by atoms with Crippen molar-refractivity contribution in [3.63, 3.8) is 0 Å². The number of hydrogen-bond donors (Lipinski definition) is 2. The predicted octanol–water partition coefficient (Wildman–Crippen LogP) is 2.21. The molecule has 2 fully saturated rings. The lowest BCUT2D eigenvalue weighted by atomic mass is 9.78. The summed E-state index contributed by atoms with van der Waals surface area (Å²) in [5.41, 5.74) is 0. The number of carboxylic acids is 1. The van der Waals surface area contributed by atoms with Crippen molar-refractivity contribution in [3.05, 3.63) is 0 Å². The predicted molar refractivity (Wildman–Crippen MR) is 71.9 cm³/mol. The van der Waals surface area contributed by atoms with Crippen LogP contribution >= 0.6 is 0 Å². The fraction of sp³-hybridized carbons (Fsp3) is 0.857. The standard InChI is InChI=1S/C14H24N2O3/c1-10(9-13(17)18)15-14(19)16-8-4-6-11-5-2-3-7-12(11)16/h10-12H,2-9H2,1H3,(H,15,19)(H,17,18)/t10?,11-,12-/m1/s1. The summed E-state index contributed by atoms with van der Waals surface area (Å²) < 4.78 is 0. The van der Waals surface area contributed by atoms with E-state index < -0.39 is 5.97 Å². The van der Waals surface area contributed by atoms with Crippen molar-refractivity contribution in [2.75, 3.05) is 6.54 Å². The molecule has 0 aromatic heterocycles. The molecular formula is C14H24N2O3. The smallest absolute Gasteiger partial charge is 0.317 e. The van der Waals surface area contributed by atoms with Crippen LogP contribution in [0.2, 0.25) is 0 Å². The number of carbonyl (C=O) groups is 2. The van der Waals surface area contributed by atoms with Gasteiger partial charge in [0, 0.05) is 18.6 Å². The van der Waals surface area contributed by atoms with E-state index in [9.17, 15) is 9.59 Å². The molecule has 3 atom stereocenters. The molecule has 0 aromatic rings. The van der Waals surface area contributed by atoms with Gasteiger partial charge in [-0.2, -0.15) is 0 Å². The molecule has 2 rings (SSSR count). The molecule has 2 amide bonds. The molecule has 0 bridgehead atoms. The Morgan fingerprint density at radius 3 is 2.68 bits per heavy atom. The average Bonchev–Trinajstić information content (AvgIpc) is 2.36. The number of hydrogen-bond acceptors (Lipinski definition) is 2. The minimum Gasteiger partial charge on any atom is -0.481 e. The Balaban J connectivity index is 1.91. The van der Waals surface area contributed by atoms with Crippen LogP contribution in [0.25, 0.3) is 0 Å². The van der Waals surface area contributed by atoms with E-state index >= 15 is 0 Å². The van der Waals surface area contributed by atoms with Crippen LogP contribution in [-0.4, -0.2) is 40.6 Å². The molecule has 1 heterocycles. The number of likely N-dealkylation sites (tertiary alicyclic amines) is 1. The molecule has 1 unspecified atom stereocenters. The number of rotatable bonds is 3. The number of piperidine rings is 1. The third kappa shape index (κ3) is 3.61. The molecule has 1 aliphatic heterocycles. The SMILES string of the molecule is CC(CC(=O)O)NC(=O)N1CCC[C@H]2CCCC[C@H]21. The molecule has 0 aromatic carbocycles. The lowest BCUT2D eigenvalue weighted by Gasteiger charge is -2.44. The van der Waals surface area contributed by atoms with Gasteiger partial charge in [-0.1, -0.05) is 12.8 Å². The van der Waals surface area contributed by atoms with E-state index in [1.165, 1.54) is 25.7 Å². The number of aliphatic carboxylic acids is 1. The lowest BCUT2D eigenvalue weighted by Crippen LogP contribution is -2.54. The van der Waals surface area contributed by atoms with Gasteiger partial charge in [-0.25, -0.2) is 4.79 Å². The normalized spacial score (nSPS) is 28.4. The first-order chi connectivity index (χ1) is 9.08. The number of urea groups is 1. The third-order valence-corrected chi connectivity index (χ3v) is 4.35. The topological polar surface area (TPSA) is 69.6 Å². The van der Waals surface area contributed by atoms with Crippen molar-refractivity contribution in [2.24, 2.45) is 5.92 Å². The van der Waals surface area contributed by atoms with Crippen LogP contribution in [0.15, 0.2) is 0 Å². The Bertz CT molecular complexity index is 344. The first kappa shape index (κ1) is 14.2. The second-order valence-electron chi connectivity index (χ2n) is 5.90. The summed E-state index contributed by atoms with van der Waals surface area (Å²) in [6.45, 7) is 2.56. The van der Waals surface area contributed by atoms with Gasteiger partial charge in [0.05, 0.1) is 6.42 Å². The Hall–Kier alpha value is -1.26. The fourth-order valence-electron chi connectivity index (χ4n) is 3.48. The van der Waals surface area contributed by atoms with E-state index in [0.29, 0.717) is 12.0 Å². The van der Waals surface area contributed by atoms with Gasteiger partial charge in [-0.15, -0.1) is 0 Å². The Morgan fingerprint density at radius 1 is 1.26 bits per heavy atom. The maximum atomic E-state index is 12.3. The quantitative estimate of drug-likeness (QED) is 0.824. The first-order valence-corrected chi connectivity index (χ1v) is 7.37. The summed E-state index contributed by atoms with van der Waals surface area (Å²) in [5.74, 6) is -0.218. The van der Waals surface area contributed by atoms with Gasteiger partial charge in [-0.3, -0.25) is 4.79 Å². The number of carboxylic acid groups (broad SMARTS) is 1. The van der Waals surface area contributed by atoms with E-state index in [1.807, 2.05) is 4.90 Å². The summed E-state index contributed by atoms with van der Waals surface area (Å²) >= 11 is 0. The second-order valence-corrected chi connectivity index (χ2v) is 5.90. The van der Waals surface area contributed by atoms with Crippen molar-refractivity contribution in [1.82, 2.24) is 10.2 Å². The summed E-state index contributed by atoms with van der Waals surface area (Å²) in [5, 5.41) is 11.5. The minimum absolute atomic E-state index is 0.0202. The molecule has 19 heavy (non-hydrogen) atoms. The van der Waals surface area contributed by atoms with Crippen LogP contribution < -0.4 is 5.32 Å². The molecule has 5 heteroatoms. The summed E-state index contributed by atoms with van der Waals surface area (Å²) in [6.07, 6.45) is 7.11. The zero-order valence-electron chi connectivity index (χ0n) is 11.6. The number of amides is 2. The van der Waals surface area contributed by atoms with Crippen LogP contribution in [-0.2, 0) is 4.79 Å². The maximum Gasteiger partial charge on any atom is 0.317 e. The van der Waals surface area contributed by atoms with Crippen LogP contribution in [0.1, 0.15) is 51.9 Å². The molecule has 5 nitrogen and oxygen atoms in total. The molecule has 1 saturated carbocycles.